The number of hydrogen-bond donors (Lipinski definition) is 1. The molecule has 0 aliphatic heterocycles. The highest BCUT2D eigenvalue weighted by molar-refractivity contribution is 5.60. The molecule has 0 radical (unpaired) electrons. The first-order chi connectivity index (χ1) is 12.6. The largest absolute Gasteiger partial charge is 0.508 e. The van der Waals surface area contributed by atoms with Crippen LogP contribution in [0.3, 0.4) is 0 Å². The van der Waals surface area contributed by atoms with Crippen LogP contribution >= 0.6 is 0 Å². The fourth-order valence-corrected chi connectivity index (χ4v) is 3.34. The maximum atomic E-state index is 11.4. The van der Waals surface area contributed by atoms with Crippen molar-refractivity contribution in [2.24, 2.45) is 0 Å². The van der Waals surface area contributed by atoms with Gasteiger partial charge >= 0.3 is 6.16 Å². The smallest absolute Gasteiger partial charge is 0.494 e. The van der Waals surface area contributed by atoms with E-state index in [1.807, 2.05) is 24.3 Å². The van der Waals surface area contributed by atoms with E-state index in [0.717, 1.165) is 24.3 Å². The first kappa shape index (κ1) is 20.6. The molecule has 1 saturated carbocycles. The molecule has 0 spiro atoms. The lowest BCUT2D eigenvalue weighted by Crippen LogP contribution is -2.35. The zero-order valence-electron chi connectivity index (χ0n) is 16.0. The molecule has 0 bridgehead atoms. The Hall–Kier alpha value is -1.75. The van der Waals surface area contributed by atoms with Crippen molar-refractivity contribution in [2.45, 2.75) is 76.9 Å². The van der Waals surface area contributed by atoms with E-state index in [1.54, 1.807) is 6.92 Å². The molecule has 0 aromatic heterocycles. The van der Waals surface area contributed by atoms with Gasteiger partial charge in [-0.25, -0.2) is 4.79 Å². The second-order valence-electron chi connectivity index (χ2n) is 6.97. The van der Waals surface area contributed by atoms with Crippen LogP contribution in [0.1, 0.15) is 70.8 Å². The molecule has 146 valence electrons. The Morgan fingerprint density at radius 2 is 1.81 bits per heavy atom. The van der Waals surface area contributed by atoms with Crippen molar-refractivity contribution in [3.05, 3.63) is 29.8 Å². The quantitative estimate of drug-likeness (QED) is 0.496. The van der Waals surface area contributed by atoms with E-state index >= 15 is 0 Å². The van der Waals surface area contributed by atoms with Gasteiger partial charge in [-0.3, -0.25) is 0 Å². The molecule has 0 atom stereocenters. The van der Waals surface area contributed by atoms with Gasteiger partial charge in [-0.1, -0.05) is 38.3 Å². The molecule has 5 nitrogen and oxygen atoms in total. The van der Waals surface area contributed by atoms with Crippen LogP contribution in [-0.2, 0) is 15.1 Å². The lowest BCUT2D eigenvalue weighted by atomic mass is 9.78. The van der Waals surface area contributed by atoms with E-state index in [-0.39, 0.29) is 6.10 Å². The molecule has 0 heterocycles. The van der Waals surface area contributed by atoms with Gasteiger partial charge in [-0.2, -0.15) is 0 Å². The number of unbranched alkanes of at least 4 members (excludes halogenated alkanes) is 3. The maximum absolute atomic E-state index is 11.4. The third kappa shape index (κ3) is 6.20. The summed E-state index contributed by atoms with van der Waals surface area (Å²) in [6, 6.07) is 7.73. The second-order valence-corrected chi connectivity index (χ2v) is 6.97. The molecule has 1 aromatic carbocycles. The fraction of sp³-hybridized carbons (Fsp3) is 0.667. The first-order valence-electron chi connectivity index (χ1n) is 9.86. The number of hydrogen-bond acceptors (Lipinski definition) is 5. The Morgan fingerprint density at radius 1 is 1.12 bits per heavy atom. The summed E-state index contributed by atoms with van der Waals surface area (Å²) in [5.74, 6) is 0.841. The highest BCUT2D eigenvalue weighted by atomic mass is 16.7. The minimum absolute atomic E-state index is 0.181. The molecule has 1 aromatic rings. The molecular weight excluding hydrogens is 332 g/mol. The van der Waals surface area contributed by atoms with Crippen molar-refractivity contribution in [1.29, 1.82) is 0 Å². The molecule has 0 amide bonds. The van der Waals surface area contributed by atoms with E-state index < -0.39 is 11.8 Å². The Labute approximate surface area is 156 Å². The summed E-state index contributed by atoms with van der Waals surface area (Å²) in [5, 5.41) is 10.9. The summed E-state index contributed by atoms with van der Waals surface area (Å²) in [7, 11) is 0. The minimum atomic E-state index is -0.867. The summed E-state index contributed by atoms with van der Waals surface area (Å²) in [4.78, 5) is 11.4. The van der Waals surface area contributed by atoms with Gasteiger partial charge in [0.05, 0.1) is 18.8 Å². The highest BCUT2D eigenvalue weighted by Crippen LogP contribution is 2.38. The van der Waals surface area contributed by atoms with Crippen molar-refractivity contribution < 1.29 is 24.1 Å². The molecule has 0 unspecified atom stereocenters. The van der Waals surface area contributed by atoms with Gasteiger partial charge in [0.2, 0.25) is 0 Å². The molecular formula is C21H32O5. The monoisotopic (exact) mass is 364 g/mol. The van der Waals surface area contributed by atoms with Crippen LogP contribution in [0.4, 0.5) is 4.79 Å². The van der Waals surface area contributed by atoms with Gasteiger partial charge in [0, 0.05) is 0 Å². The van der Waals surface area contributed by atoms with Gasteiger partial charge in [-0.15, -0.1) is 0 Å². The highest BCUT2D eigenvalue weighted by Gasteiger charge is 2.36. The van der Waals surface area contributed by atoms with E-state index in [4.69, 9.17) is 14.2 Å². The van der Waals surface area contributed by atoms with Gasteiger partial charge in [0.1, 0.15) is 11.9 Å². The summed E-state index contributed by atoms with van der Waals surface area (Å²) in [6.45, 7) is 4.99. The Kier molecular flexibility index (Phi) is 8.23. The topological polar surface area (TPSA) is 65.0 Å². The lowest BCUT2D eigenvalue weighted by molar-refractivity contribution is -0.0531. The zero-order chi connectivity index (χ0) is 18.8. The van der Waals surface area contributed by atoms with Crippen LogP contribution in [0, 0.1) is 0 Å². The number of benzene rings is 1. The van der Waals surface area contributed by atoms with E-state index in [2.05, 4.69) is 6.92 Å². The summed E-state index contributed by atoms with van der Waals surface area (Å²) < 4.78 is 15.8. The number of rotatable bonds is 9. The Morgan fingerprint density at radius 3 is 2.42 bits per heavy atom. The van der Waals surface area contributed by atoms with Crippen LogP contribution in [0.5, 0.6) is 5.75 Å². The Balaban J connectivity index is 1.80. The average molecular weight is 364 g/mol. The third-order valence-electron chi connectivity index (χ3n) is 4.94. The standard InChI is InChI=1S/C21H32O5/c1-3-5-6-7-16-25-18-10-8-17(9-11-18)21(23)14-12-19(13-15-21)26-20(22)24-4-2/h8-11,19,23H,3-7,12-16H2,1-2H3. The van der Waals surface area contributed by atoms with Crippen molar-refractivity contribution >= 4 is 6.16 Å². The predicted molar refractivity (Wildman–Crippen MR) is 100 cm³/mol. The van der Waals surface area contributed by atoms with Gasteiger partial charge in [-0.05, 0) is 56.7 Å². The van der Waals surface area contributed by atoms with Gasteiger partial charge in [0.15, 0.2) is 0 Å². The van der Waals surface area contributed by atoms with E-state index in [1.165, 1.54) is 19.3 Å². The minimum Gasteiger partial charge on any atom is -0.494 e. The number of aliphatic hydroxyl groups is 1. The molecule has 1 fully saturated rings. The van der Waals surface area contributed by atoms with E-state index in [0.29, 0.717) is 32.3 Å². The van der Waals surface area contributed by atoms with Crippen LogP contribution < -0.4 is 4.74 Å². The van der Waals surface area contributed by atoms with Crippen molar-refractivity contribution in [2.75, 3.05) is 13.2 Å². The molecule has 0 saturated heterocycles. The molecule has 26 heavy (non-hydrogen) atoms. The normalized spacial score (nSPS) is 22.7. The van der Waals surface area contributed by atoms with Crippen LogP contribution in [0.2, 0.25) is 0 Å². The lowest BCUT2D eigenvalue weighted by Gasteiger charge is -2.36. The van der Waals surface area contributed by atoms with Crippen molar-refractivity contribution in [1.82, 2.24) is 0 Å². The molecule has 1 N–H and O–H groups in total. The molecule has 1 aliphatic carbocycles. The number of ether oxygens (including phenoxy) is 3. The zero-order valence-corrected chi connectivity index (χ0v) is 16.0. The molecule has 1 aliphatic rings. The van der Waals surface area contributed by atoms with Crippen molar-refractivity contribution in [3.63, 3.8) is 0 Å². The van der Waals surface area contributed by atoms with Crippen LogP contribution in [0.25, 0.3) is 0 Å². The number of carbonyl (C=O) groups is 1. The number of carbonyl (C=O) groups excluding carboxylic acids is 1. The SMILES string of the molecule is CCCCCCOc1ccc(C2(O)CCC(OC(=O)OCC)CC2)cc1. The van der Waals surface area contributed by atoms with Gasteiger partial charge in [0.25, 0.3) is 0 Å². The summed E-state index contributed by atoms with van der Waals surface area (Å²) in [6.07, 6.45) is 6.32. The Bertz CT molecular complexity index is 532. The summed E-state index contributed by atoms with van der Waals surface area (Å²) in [5.41, 5.74) is 0.0270. The van der Waals surface area contributed by atoms with Crippen LogP contribution in [-0.4, -0.2) is 30.6 Å². The maximum Gasteiger partial charge on any atom is 0.508 e. The molecule has 2 rings (SSSR count). The van der Waals surface area contributed by atoms with Gasteiger partial charge < -0.3 is 19.3 Å². The second kappa shape index (κ2) is 10.4. The fourth-order valence-electron chi connectivity index (χ4n) is 3.34. The van der Waals surface area contributed by atoms with Crippen LogP contribution in [0.15, 0.2) is 24.3 Å². The van der Waals surface area contributed by atoms with Crippen molar-refractivity contribution in [3.8, 4) is 5.75 Å². The first-order valence-corrected chi connectivity index (χ1v) is 9.86. The average Bonchev–Trinajstić information content (AvgIpc) is 2.64. The summed E-state index contributed by atoms with van der Waals surface area (Å²) >= 11 is 0. The third-order valence-corrected chi connectivity index (χ3v) is 4.94. The van der Waals surface area contributed by atoms with E-state index in [9.17, 15) is 9.90 Å². The predicted octanol–water partition coefficient (Wildman–Crippen LogP) is 4.95. The molecule has 5 heteroatoms.